The van der Waals surface area contributed by atoms with E-state index in [2.05, 4.69) is 27.3 Å². The van der Waals surface area contributed by atoms with Gasteiger partial charge in [0.2, 0.25) is 5.91 Å². The molecule has 0 spiro atoms. The van der Waals surface area contributed by atoms with Crippen LogP contribution in [0.3, 0.4) is 0 Å². The zero-order valence-electron chi connectivity index (χ0n) is 15.5. The maximum atomic E-state index is 12.7. The van der Waals surface area contributed by atoms with Crippen molar-refractivity contribution in [1.29, 1.82) is 0 Å². The number of fused-ring (bicyclic) bond motifs is 1. The number of piperidine rings is 1. The molecule has 1 atom stereocenters. The first-order chi connectivity index (χ1) is 13.2. The van der Waals surface area contributed by atoms with E-state index >= 15 is 0 Å². The number of amides is 1. The first-order valence-electron chi connectivity index (χ1n) is 9.52. The van der Waals surface area contributed by atoms with Crippen molar-refractivity contribution in [3.8, 4) is 5.88 Å². The second-order valence-corrected chi connectivity index (χ2v) is 6.91. The number of ether oxygens (including phenoxy) is 1. The molecule has 142 valence electrons. The summed E-state index contributed by atoms with van der Waals surface area (Å²) in [7, 11) is 0. The lowest BCUT2D eigenvalue weighted by atomic mass is 9.94. The third-order valence-electron chi connectivity index (χ3n) is 5.04. The molecule has 1 aliphatic rings. The highest BCUT2D eigenvalue weighted by Crippen LogP contribution is 2.29. The molecule has 1 N–H and O–H groups in total. The van der Waals surface area contributed by atoms with Gasteiger partial charge in [0, 0.05) is 55.2 Å². The van der Waals surface area contributed by atoms with Crippen LogP contribution in [0.2, 0.25) is 0 Å². The van der Waals surface area contributed by atoms with Crippen molar-refractivity contribution in [2.24, 2.45) is 0 Å². The molecule has 3 aromatic rings. The molecule has 0 bridgehead atoms. The van der Waals surface area contributed by atoms with Gasteiger partial charge in [0.15, 0.2) is 0 Å². The number of aromatic nitrogens is 3. The highest BCUT2D eigenvalue weighted by atomic mass is 16.5. The van der Waals surface area contributed by atoms with Crippen LogP contribution in [0.4, 0.5) is 0 Å². The number of H-pyrrole nitrogens is 1. The summed E-state index contributed by atoms with van der Waals surface area (Å²) in [6, 6.07) is 7.91. The number of hydrogen-bond donors (Lipinski definition) is 1. The van der Waals surface area contributed by atoms with Gasteiger partial charge in [0.25, 0.3) is 5.88 Å². The molecule has 0 aromatic carbocycles. The first kappa shape index (κ1) is 17.6. The van der Waals surface area contributed by atoms with Crippen molar-refractivity contribution in [1.82, 2.24) is 20.0 Å². The van der Waals surface area contributed by atoms with E-state index < -0.39 is 0 Å². The van der Waals surface area contributed by atoms with Gasteiger partial charge in [-0.1, -0.05) is 0 Å². The van der Waals surface area contributed by atoms with Crippen LogP contribution < -0.4 is 4.74 Å². The van der Waals surface area contributed by atoms with Gasteiger partial charge in [0.1, 0.15) is 11.4 Å². The number of nitrogens with zero attached hydrogens (tertiary/aromatic N) is 3. The predicted octanol–water partition coefficient (Wildman–Crippen LogP) is 3.29. The molecular formula is C20H24N4O3. The molecule has 0 unspecified atom stereocenters. The third kappa shape index (κ3) is 3.97. The third-order valence-corrected chi connectivity index (χ3v) is 5.04. The van der Waals surface area contributed by atoms with Crippen LogP contribution in [-0.4, -0.2) is 45.6 Å². The number of aromatic amines is 1. The van der Waals surface area contributed by atoms with Gasteiger partial charge in [-0.15, -0.1) is 0 Å². The second-order valence-electron chi connectivity index (χ2n) is 6.91. The first-order valence-corrected chi connectivity index (χ1v) is 9.52. The summed E-state index contributed by atoms with van der Waals surface area (Å²) < 4.78 is 10.5. The van der Waals surface area contributed by atoms with E-state index in [1.165, 1.54) is 0 Å². The lowest BCUT2D eigenvalue weighted by molar-refractivity contribution is -0.132. The Kier molecular flexibility index (Phi) is 5.09. The van der Waals surface area contributed by atoms with Crippen molar-refractivity contribution in [2.75, 3.05) is 19.7 Å². The Morgan fingerprint density at radius 3 is 3.22 bits per heavy atom. The molecule has 4 rings (SSSR count). The van der Waals surface area contributed by atoms with Gasteiger partial charge in [0.05, 0.1) is 6.61 Å². The molecule has 3 aromatic heterocycles. The summed E-state index contributed by atoms with van der Waals surface area (Å²) in [6.45, 7) is 4.00. The van der Waals surface area contributed by atoms with Crippen LogP contribution in [0.1, 0.15) is 43.6 Å². The van der Waals surface area contributed by atoms with Crippen LogP contribution in [0, 0.1) is 0 Å². The number of hydrogen-bond acceptors (Lipinski definition) is 5. The van der Waals surface area contributed by atoms with Gasteiger partial charge < -0.3 is 19.1 Å². The van der Waals surface area contributed by atoms with E-state index in [4.69, 9.17) is 9.26 Å². The minimum Gasteiger partial charge on any atom is -0.476 e. The van der Waals surface area contributed by atoms with E-state index in [1.54, 1.807) is 12.3 Å². The molecule has 4 heterocycles. The van der Waals surface area contributed by atoms with Crippen LogP contribution in [0.5, 0.6) is 5.88 Å². The van der Waals surface area contributed by atoms with Crippen molar-refractivity contribution >= 4 is 16.9 Å². The summed E-state index contributed by atoms with van der Waals surface area (Å²) in [5.74, 6) is 1.64. The van der Waals surface area contributed by atoms with Crippen LogP contribution in [-0.2, 0) is 11.2 Å². The molecular weight excluding hydrogens is 344 g/mol. The zero-order valence-corrected chi connectivity index (χ0v) is 15.5. The highest BCUT2D eigenvalue weighted by molar-refractivity contribution is 5.77. The number of carbonyl (C=O) groups excluding carboxylic acids is 1. The van der Waals surface area contributed by atoms with Crippen LogP contribution in [0.15, 0.2) is 35.0 Å². The minimum absolute atomic E-state index is 0.156. The van der Waals surface area contributed by atoms with E-state index in [9.17, 15) is 4.79 Å². The standard InChI is InChI=1S/C20H24N4O3/c1-2-26-18-12-16(27-23-18)7-8-19(25)24-10-4-6-15(13-24)17-11-14-5-3-9-21-20(14)22-17/h3,5,9,11-12,15H,2,4,6-8,10,13H2,1H3,(H,21,22)/t15-/m0/s1. The molecule has 1 fully saturated rings. The molecule has 0 saturated carbocycles. The van der Waals surface area contributed by atoms with Gasteiger partial charge in [-0.2, -0.15) is 0 Å². The molecule has 7 heteroatoms. The fourth-order valence-electron chi connectivity index (χ4n) is 3.67. The van der Waals surface area contributed by atoms with Crippen molar-refractivity contribution in [2.45, 2.75) is 38.5 Å². The monoisotopic (exact) mass is 368 g/mol. The maximum Gasteiger partial charge on any atom is 0.254 e. The van der Waals surface area contributed by atoms with Gasteiger partial charge in [-0.25, -0.2) is 4.98 Å². The Hall–Kier alpha value is -2.83. The fraction of sp³-hybridized carbons (Fsp3) is 0.450. The highest BCUT2D eigenvalue weighted by Gasteiger charge is 2.26. The van der Waals surface area contributed by atoms with Crippen molar-refractivity contribution in [3.63, 3.8) is 0 Å². The molecule has 1 saturated heterocycles. The number of aryl methyl sites for hydroxylation is 1. The number of carbonyl (C=O) groups is 1. The number of rotatable bonds is 6. The van der Waals surface area contributed by atoms with E-state index in [0.717, 1.165) is 42.7 Å². The van der Waals surface area contributed by atoms with Crippen LogP contribution >= 0.6 is 0 Å². The molecule has 7 nitrogen and oxygen atoms in total. The summed E-state index contributed by atoms with van der Waals surface area (Å²) in [5, 5.41) is 4.95. The Bertz CT molecular complexity index is 884. The molecule has 1 amide bonds. The molecule has 0 aliphatic carbocycles. The SMILES string of the molecule is CCOc1cc(CCC(=O)N2CCC[C@H](c3cc4cccnc4[nH]3)C2)on1. The van der Waals surface area contributed by atoms with Gasteiger partial charge in [-0.05, 0) is 43.1 Å². The predicted molar refractivity (Wildman–Crippen MR) is 101 cm³/mol. The van der Waals surface area contributed by atoms with Crippen molar-refractivity contribution in [3.05, 3.63) is 41.9 Å². The van der Waals surface area contributed by atoms with Gasteiger partial charge in [-0.3, -0.25) is 4.79 Å². The fourth-order valence-corrected chi connectivity index (χ4v) is 3.67. The Morgan fingerprint density at radius 1 is 1.44 bits per heavy atom. The van der Waals surface area contributed by atoms with E-state index in [1.807, 2.05) is 17.9 Å². The Labute approximate surface area is 157 Å². The Morgan fingerprint density at radius 2 is 2.37 bits per heavy atom. The van der Waals surface area contributed by atoms with Crippen LogP contribution in [0.25, 0.3) is 11.0 Å². The largest absolute Gasteiger partial charge is 0.476 e. The number of pyridine rings is 1. The minimum atomic E-state index is 0.156. The average molecular weight is 368 g/mol. The summed E-state index contributed by atoms with van der Waals surface area (Å²) in [5.41, 5.74) is 2.07. The van der Waals surface area contributed by atoms with E-state index in [0.29, 0.717) is 37.0 Å². The number of nitrogens with one attached hydrogen (secondary N) is 1. The second kappa shape index (κ2) is 7.82. The van der Waals surface area contributed by atoms with E-state index in [-0.39, 0.29) is 5.91 Å². The summed E-state index contributed by atoms with van der Waals surface area (Å²) in [6.07, 6.45) is 4.84. The zero-order chi connectivity index (χ0) is 18.6. The maximum absolute atomic E-state index is 12.7. The van der Waals surface area contributed by atoms with Crippen molar-refractivity contribution < 1.29 is 14.1 Å². The molecule has 1 aliphatic heterocycles. The smallest absolute Gasteiger partial charge is 0.254 e. The quantitative estimate of drug-likeness (QED) is 0.722. The molecule has 27 heavy (non-hydrogen) atoms. The van der Waals surface area contributed by atoms with Gasteiger partial charge >= 0.3 is 0 Å². The topological polar surface area (TPSA) is 84.2 Å². The Balaban J connectivity index is 1.36. The average Bonchev–Trinajstić information content (AvgIpc) is 3.33. The summed E-state index contributed by atoms with van der Waals surface area (Å²) in [4.78, 5) is 22.4. The lowest BCUT2D eigenvalue weighted by Gasteiger charge is -2.32. The number of likely N-dealkylation sites (tertiary alicyclic amines) is 1. The lowest BCUT2D eigenvalue weighted by Crippen LogP contribution is -2.39. The molecule has 0 radical (unpaired) electrons. The summed E-state index contributed by atoms with van der Waals surface area (Å²) >= 11 is 0. The normalized spacial score (nSPS) is 17.4.